The maximum atomic E-state index is 12.7. The molecular weight excluding hydrogens is 330 g/mol. The third-order valence-electron chi connectivity index (χ3n) is 4.99. The van der Waals surface area contributed by atoms with Crippen LogP contribution in [0.15, 0.2) is 48.5 Å². The molecule has 2 aromatic rings. The lowest BCUT2D eigenvalue weighted by molar-refractivity contribution is -0.384. The summed E-state index contributed by atoms with van der Waals surface area (Å²) in [5.74, 6) is 0.379. The Hall–Kier alpha value is -2.89. The Balaban J connectivity index is 1.89. The van der Waals surface area contributed by atoms with Crippen LogP contribution in [0.2, 0.25) is 0 Å². The van der Waals surface area contributed by atoms with Gasteiger partial charge in [0.25, 0.3) is 11.6 Å². The molecule has 0 aliphatic carbocycles. The Bertz CT molecular complexity index is 799. The number of piperidine rings is 1. The average Bonchev–Trinajstić information content (AvgIpc) is 2.67. The number of benzene rings is 2. The van der Waals surface area contributed by atoms with Crippen molar-refractivity contribution in [2.45, 2.75) is 19.8 Å². The fraction of sp³-hybridized carbons (Fsp3) is 0.350. The Morgan fingerprint density at radius 1 is 1.15 bits per heavy atom. The van der Waals surface area contributed by atoms with Gasteiger partial charge < -0.3 is 9.80 Å². The van der Waals surface area contributed by atoms with Gasteiger partial charge in [0.15, 0.2) is 0 Å². The molecule has 1 aliphatic heterocycles. The summed E-state index contributed by atoms with van der Waals surface area (Å²) in [6.07, 6.45) is 2.04. The zero-order valence-electron chi connectivity index (χ0n) is 15.1. The van der Waals surface area contributed by atoms with Crippen molar-refractivity contribution in [1.82, 2.24) is 0 Å². The number of para-hydroxylation sites is 1. The van der Waals surface area contributed by atoms with E-state index in [0.29, 0.717) is 17.2 Å². The van der Waals surface area contributed by atoms with E-state index in [1.54, 1.807) is 19.2 Å². The lowest BCUT2D eigenvalue weighted by Gasteiger charge is -2.31. The van der Waals surface area contributed by atoms with Gasteiger partial charge in [-0.3, -0.25) is 14.9 Å². The Morgan fingerprint density at radius 3 is 2.42 bits per heavy atom. The summed E-state index contributed by atoms with van der Waals surface area (Å²) in [5, 5.41) is 11.6. The molecule has 26 heavy (non-hydrogen) atoms. The van der Waals surface area contributed by atoms with Crippen molar-refractivity contribution in [2.24, 2.45) is 5.92 Å². The molecule has 0 N–H and O–H groups in total. The predicted octanol–water partition coefficient (Wildman–Crippen LogP) is 4.11. The van der Waals surface area contributed by atoms with E-state index in [9.17, 15) is 14.9 Å². The van der Waals surface area contributed by atoms with Gasteiger partial charge in [0.2, 0.25) is 0 Å². The monoisotopic (exact) mass is 353 g/mol. The molecule has 1 fully saturated rings. The molecule has 0 radical (unpaired) electrons. The minimum atomic E-state index is -0.396. The van der Waals surface area contributed by atoms with Gasteiger partial charge in [-0.1, -0.05) is 25.1 Å². The topological polar surface area (TPSA) is 66.7 Å². The second-order valence-electron chi connectivity index (χ2n) is 6.83. The highest BCUT2D eigenvalue weighted by Gasteiger charge is 2.25. The number of anilines is 2. The molecule has 3 rings (SSSR count). The van der Waals surface area contributed by atoms with Crippen LogP contribution in [0, 0.1) is 16.0 Å². The van der Waals surface area contributed by atoms with Crippen molar-refractivity contribution < 1.29 is 9.72 Å². The fourth-order valence-corrected chi connectivity index (χ4v) is 3.28. The lowest BCUT2D eigenvalue weighted by Crippen LogP contribution is -2.33. The third-order valence-corrected chi connectivity index (χ3v) is 4.99. The number of nitro benzene ring substituents is 1. The van der Waals surface area contributed by atoms with E-state index in [-0.39, 0.29) is 11.6 Å². The van der Waals surface area contributed by atoms with Crippen LogP contribution < -0.4 is 9.80 Å². The van der Waals surface area contributed by atoms with Crippen molar-refractivity contribution in [3.63, 3.8) is 0 Å². The highest BCUT2D eigenvalue weighted by atomic mass is 16.6. The minimum absolute atomic E-state index is 0.00753. The van der Waals surface area contributed by atoms with Gasteiger partial charge >= 0.3 is 0 Å². The van der Waals surface area contributed by atoms with Crippen molar-refractivity contribution >= 4 is 23.0 Å². The van der Waals surface area contributed by atoms with Crippen LogP contribution in [0.25, 0.3) is 0 Å². The van der Waals surface area contributed by atoms with Crippen molar-refractivity contribution in [3.05, 3.63) is 64.2 Å². The molecular formula is C20H23N3O3. The van der Waals surface area contributed by atoms with Gasteiger partial charge in [0.1, 0.15) is 5.69 Å². The molecule has 1 heterocycles. The predicted molar refractivity (Wildman–Crippen MR) is 103 cm³/mol. The summed E-state index contributed by atoms with van der Waals surface area (Å²) in [7, 11) is 1.67. The van der Waals surface area contributed by atoms with Crippen LogP contribution in [-0.4, -0.2) is 31.0 Å². The molecule has 1 amide bonds. The smallest absolute Gasteiger partial charge is 0.293 e. The lowest BCUT2D eigenvalue weighted by atomic mass is 9.98. The zero-order valence-corrected chi connectivity index (χ0v) is 15.1. The quantitative estimate of drug-likeness (QED) is 0.613. The number of carbonyl (C=O) groups is 1. The van der Waals surface area contributed by atoms with Crippen LogP contribution in [0.5, 0.6) is 0 Å². The number of rotatable bonds is 4. The molecule has 1 aliphatic rings. The van der Waals surface area contributed by atoms with E-state index in [2.05, 4.69) is 6.92 Å². The number of hydrogen-bond donors (Lipinski definition) is 0. The molecule has 0 saturated carbocycles. The maximum Gasteiger partial charge on any atom is 0.293 e. The molecule has 0 unspecified atom stereocenters. The summed E-state index contributed by atoms with van der Waals surface area (Å²) in [4.78, 5) is 27.5. The first kappa shape index (κ1) is 17.9. The van der Waals surface area contributed by atoms with Gasteiger partial charge in [-0.2, -0.15) is 0 Å². The largest absolute Gasteiger partial charge is 0.366 e. The molecule has 6 nitrogen and oxygen atoms in total. The zero-order chi connectivity index (χ0) is 18.7. The van der Waals surface area contributed by atoms with E-state index in [1.165, 1.54) is 11.0 Å². The summed E-state index contributed by atoms with van der Waals surface area (Å²) in [6.45, 7) is 3.81. The number of nitrogens with zero attached hydrogens (tertiary/aromatic N) is 3. The van der Waals surface area contributed by atoms with E-state index in [1.807, 2.05) is 35.2 Å². The SMILES string of the molecule is CC1CCN(c2ccc(C(=O)N(C)c3ccccc3)cc2[N+](=O)[O-])CC1. The van der Waals surface area contributed by atoms with Crippen LogP contribution in [0.4, 0.5) is 17.1 Å². The van der Waals surface area contributed by atoms with E-state index < -0.39 is 4.92 Å². The Kier molecular flexibility index (Phi) is 5.21. The average molecular weight is 353 g/mol. The van der Waals surface area contributed by atoms with Crippen LogP contribution in [-0.2, 0) is 0 Å². The molecule has 2 aromatic carbocycles. The molecule has 0 atom stereocenters. The molecule has 0 aromatic heterocycles. The highest BCUT2D eigenvalue weighted by Crippen LogP contribution is 2.32. The van der Waals surface area contributed by atoms with Gasteiger partial charge in [0, 0.05) is 37.5 Å². The van der Waals surface area contributed by atoms with Gasteiger partial charge in [-0.15, -0.1) is 0 Å². The normalized spacial score (nSPS) is 14.9. The first-order chi connectivity index (χ1) is 12.5. The number of hydrogen-bond acceptors (Lipinski definition) is 4. The standard InChI is InChI=1S/C20H23N3O3/c1-15-10-12-22(13-11-15)18-9-8-16(14-19(18)23(25)26)20(24)21(2)17-6-4-3-5-7-17/h3-9,14-15H,10-13H2,1-2H3. The first-order valence-corrected chi connectivity index (χ1v) is 8.84. The number of amides is 1. The van der Waals surface area contributed by atoms with E-state index in [0.717, 1.165) is 31.6 Å². The van der Waals surface area contributed by atoms with Gasteiger partial charge in [-0.05, 0) is 43.0 Å². The summed E-state index contributed by atoms with van der Waals surface area (Å²) >= 11 is 0. The van der Waals surface area contributed by atoms with Gasteiger partial charge in [-0.25, -0.2) is 0 Å². The molecule has 136 valence electrons. The summed E-state index contributed by atoms with van der Waals surface area (Å²) in [5.41, 5.74) is 1.65. The first-order valence-electron chi connectivity index (χ1n) is 8.84. The fourth-order valence-electron chi connectivity index (χ4n) is 3.28. The van der Waals surface area contributed by atoms with Crippen LogP contribution in [0.1, 0.15) is 30.1 Å². The summed E-state index contributed by atoms with van der Waals surface area (Å²) < 4.78 is 0. The second kappa shape index (κ2) is 7.56. The van der Waals surface area contributed by atoms with Crippen LogP contribution in [0.3, 0.4) is 0 Å². The van der Waals surface area contributed by atoms with Crippen LogP contribution >= 0.6 is 0 Å². The Labute approximate surface area is 153 Å². The van der Waals surface area contributed by atoms with Gasteiger partial charge in [0.05, 0.1) is 4.92 Å². The molecule has 6 heteroatoms. The highest BCUT2D eigenvalue weighted by molar-refractivity contribution is 6.06. The third kappa shape index (κ3) is 3.69. The molecule has 1 saturated heterocycles. The Morgan fingerprint density at radius 2 is 1.81 bits per heavy atom. The van der Waals surface area contributed by atoms with Crippen molar-refractivity contribution in [2.75, 3.05) is 29.9 Å². The van der Waals surface area contributed by atoms with E-state index >= 15 is 0 Å². The minimum Gasteiger partial charge on any atom is -0.366 e. The number of nitro groups is 1. The maximum absolute atomic E-state index is 12.7. The summed E-state index contributed by atoms with van der Waals surface area (Å²) in [6, 6.07) is 14.0. The molecule has 0 spiro atoms. The second-order valence-corrected chi connectivity index (χ2v) is 6.83. The van der Waals surface area contributed by atoms with Crippen molar-refractivity contribution in [1.29, 1.82) is 0 Å². The van der Waals surface area contributed by atoms with E-state index in [4.69, 9.17) is 0 Å². The molecule has 0 bridgehead atoms. The number of carbonyl (C=O) groups excluding carboxylic acids is 1. The van der Waals surface area contributed by atoms with Crippen molar-refractivity contribution in [3.8, 4) is 0 Å².